The van der Waals surface area contributed by atoms with E-state index in [4.69, 9.17) is 0 Å². The molecule has 0 spiro atoms. The molecule has 0 aliphatic carbocycles. The molecule has 28 heavy (non-hydrogen) atoms. The van der Waals surface area contributed by atoms with Gasteiger partial charge in [0.2, 0.25) is 0 Å². The van der Waals surface area contributed by atoms with E-state index >= 15 is 0 Å². The van der Waals surface area contributed by atoms with Crippen molar-refractivity contribution in [1.29, 1.82) is 0 Å². The Labute approximate surface area is 164 Å². The first-order valence-corrected chi connectivity index (χ1v) is 9.55. The third kappa shape index (κ3) is 3.84. The number of likely N-dealkylation sites (tertiary alicyclic amines) is 1. The van der Waals surface area contributed by atoms with E-state index in [1.165, 1.54) is 17.0 Å². The van der Waals surface area contributed by atoms with Gasteiger partial charge in [-0.15, -0.1) is 0 Å². The van der Waals surface area contributed by atoms with Crippen LogP contribution < -0.4 is 0 Å². The molecule has 4 nitrogen and oxygen atoms in total. The predicted molar refractivity (Wildman–Crippen MR) is 106 cm³/mol. The fourth-order valence-corrected chi connectivity index (χ4v) is 3.50. The highest BCUT2D eigenvalue weighted by atomic mass is 19.1. The Bertz CT molecular complexity index is 900. The number of hydrogen-bond donors (Lipinski definition) is 1. The zero-order valence-electron chi connectivity index (χ0n) is 16.1. The summed E-state index contributed by atoms with van der Waals surface area (Å²) < 4.78 is 13.4. The van der Waals surface area contributed by atoms with Crippen LogP contribution in [0.1, 0.15) is 48.9 Å². The minimum Gasteiger partial charge on any atom is -0.507 e. The molecule has 1 amide bonds. The molecule has 1 heterocycles. The van der Waals surface area contributed by atoms with Gasteiger partial charge < -0.3 is 10.0 Å². The molecule has 2 aromatic carbocycles. The minimum absolute atomic E-state index is 0.0527. The van der Waals surface area contributed by atoms with Gasteiger partial charge in [0.25, 0.3) is 11.7 Å². The van der Waals surface area contributed by atoms with Crippen molar-refractivity contribution >= 4 is 17.4 Å². The van der Waals surface area contributed by atoms with Crippen LogP contribution >= 0.6 is 0 Å². The molecule has 146 valence electrons. The first-order chi connectivity index (χ1) is 13.4. The monoisotopic (exact) mass is 381 g/mol. The number of aliphatic hydroxyl groups excluding tert-OH is 1. The minimum atomic E-state index is -0.723. The van der Waals surface area contributed by atoms with Crippen LogP contribution in [0.4, 0.5) is 4.39 Å². The highest BCUT2D eigenvalue weighted by Gasteiger charge is 2.45. The van der Waals surface area contributed by atoms with Crippen LogP contribution in [0.5, 0.6) is 0 Å². The lowest BCUT2D eigenvalue weighted by atomic mass is 9.95. The maximum absolute atomic E-state index is 13.4. The summed E-state index contributed by atoms with van der Waals surface area (Å²) in [6.07, 6.45) is 2.66. The van der Waals surface area contributed by atoms with Crippen LogP contribution in [0, 0.1) is 12.7 Å². The standard InChI is InChI=1S/C23H24FNO3/c1-3-4-5-14-25-20(16-10-12-18(24)13-11-16)19(22(27)23(25)28)21(26)17-8-6-15(2)7-9-17/h6-13,20,26H,3-5,14H2,1-2H3/b21-19-. The number of amides is 1. The summed E-state index contributed by atoms with van der Waals surface area (Å²) in [6, 6.07) is 12.1. The van der Waals surface area contributed by atoms with E-state index in [-0.39, 0.29) is 11.3 Å². The average molecular weight is 381 g/mol. The number of hydrogen-bond acceptors (Lipinski definition) is 3. The third-order valence-electron chi connectivity index (χ3n) is 5.05. The highest BCUT2D eigenvalue weighted by molar-refractivity contribution is 6.46. The Morgan fingerprint density at radius 3 is 2.29 bits per heavy atom. The Hall–Kier alpha value is -2.95. The average Bonchev–Trinajstić information content (AvgIpc) is 2.94. The smallest absolute Gasteiger partial charge is 0.295 e. The van der Waals surface area contributed by atoms with Crippen LogP contribution in [0.25, 0.3) is 5.76 Å². The molecule has 1 saturated heterocycles. The van der Waals surface area contributed by atoms with Crippen molar-refractivity contribution in [2.24, 2.45) is 0 Å². The summed E-state index contributed by atoms with van der Waals surface area (Å²) in [5.41, 5.74) is 2.15. The summed E-state index contributed by atoms with van der Waals surface area (Å²) in [5, 5.41) is 10.9. The van der Waals surface area contributed by atoms with Gasteiger partial charge in [-0.25, -0.2) is 4.39 Å². The molecule has 1 fully saturated rings. The lowest BCUT2D eigenvalue weighted by Gasteiger charge is -2.25. The molecule has 0 bridgehead atoms. The van der Waals surface area contributed by atoms with E-state index in [1.807, 2.05) is 19.1 Å². The van der Waals surface area contributed by atoms with E-state index < -0.39 is 23.5 Å². The van der Waals surface area contributed by atoms with E-state index in [9.17, 15) is 19.1 Å². The molecule has 5 heteroatoms. The van der Waals surface area contributed by atoms with E-state index in [2.05, 4.69) is 6.92 Å². The second-order valence-electron chi connectivity index (χ2n) is 7.12. The lowest BCUT2D eigenvalue weighted by Crippen LogP contribution is -2.30. The summed E-state index contributed by atoms with van der Waals surface area (Å²) in [5.74, 6) is -1.93. The maximum atomic E-state index is 13.4. The van der Waals surface area contributed by atoms with Crippen molar-refractivity contribution in [3.05, 3.63) is 76.6 Å². The first-order valence-electron chi connectivity index (χ1n) is 9.55. The number of unbranched alkanes of at least 4 members (excludes halogenated alkanes) is 2. The zero-order chi connectivity index (χ0) is 20.3. The lowest BCUT2D eigenvalue weighted by molar-refractivity contribution is -0.139. The first kappa shape index (κ1) is 19.8. The summed E-state index contributed by atoms with van der Waals surface area (Å²) in [7, 11) is 0. The molecule has 1 aliphatic rings. The largest absolute Gasteiger partial charge is 0.507 e. The third-order valence-corrected chi connectivity index (χ3v) is 5.05. The Morgan fingerprint density at radius 2 is 1.68 bits per heavy atom. The van der Waals surface area contributed by atoms with Crippen LogP contribution in [0.3, 0.4) is 0 Å². The molecule has 0 radical (unpaired) electrons. The van der Waals surface area contributed by atoms with Crippen LogP contribution in [0.2, 0.25) is 0 Å². The zero-order valence-corrected chi connectivity index (χ0v) is 16.1. The van der Waals surface area contributed by atoms with Gasteiger partial charge in [-0.1, -0.05) is 61.7 Å². The molecule has 1 unspecified atom stereocenters. The Balaban J connectivity index is 2.10. The number of nitrogens with zero attached hydrogens (tertiary/aromatic N) is 1. The number of aryl methyl sites for hydroxylation is 1. The maximum Gasteiger partial charge on any atom is 0.295 e. The Morgan fingerprint density at radius 1 is 1.04 bits per heavy atom. The molecule has 2 aromatic rings. The van der Waals surface area contributed by atoms with Gasteiger partial charge in [0, 0.05) is 12.1 Å². The molecule has 1 atom stereocenters. The molecule has 0 aromatic heterocycles. The van der Waals surface area contributed by atoms with Gasteiger partial charge in [-0.3, -0.25) is 9.59 Å². The van der Waals surface area contributed by atoms with Gasteiger partial charge in [0.05, 0.1) is 11.6 Å². The molecule has 1 aliphatic heterocycles. The van der Waals surface area contributed by atoms with Gasteiger partial charge >= 0.3 is 0 Å². The van der Waals surface area contributed by atoms with Gasteiger partial charge in [0.1, 0.15) is 11.6 Å². The topological polar surface area (TPSA) is 57.6 Å². The van der Waals surface area contributed by atoms with Gasteiger partial charge in [-0.2, -0.15) is 0 Å². The summed E-state index contributed by atoms with van der Waals surface area (Å²) in [4.78, 5) is 27.0. The fraction of sp³-hybridized carbons (Fsp3) is 0.304. The van der Waals surface area contributed by atoms with Gasteiger partial charge in [-0.05, 0) is 31.0 Å². The van der Waals surface area contributed by atoms with Crippen molar-refractivity contribution in [1.82, 2.24) is 4.90 Å². The number of halogens is 1. The van der Waals surface area contributed by atoms with E-state index in [1.54, 1.807) is 24.3 Å². The molecule has 0 saturated carbocycles. The van der Waals surface area contributed by atoms with Crippen molar-refractivity contribution < 1.29 is 19.1 Å². The number of benzene rings is 2. The number of ketones is 1. The fourth-order valence-electron chi connectivity index (χ4n) is 3.50. The summed E-state index contributed by atoms with van der Waals surface area (Å²) in [6.45, 7) is 4.39. The normalized spacial score (nSPS) is 18.7. The molecule has 3 rings (SSSR count). The molecule has 1 N–H and O–H groups in total. The summed E-state index contributed by atoms with van der Waals surface area (Å²) >= 11 is 0. The second-order valence-corrected chi connectivity index (χ2v) is 7.12. The predicted octanol–water partition coefficient (Wildman–Crippen LogP) is 4.75. The Kier molecular flexibility index (Phi) is 5.93. The highest BCUT2D eigenvalue weighted by Crippen LogP contribution is 2.39. The number of aliphatic hydroxyl groups is 1. The SMILES string of the molecule is CCCCCN1C(=O)C(=O)/C(=C(\O)c2ccc(C)cc2)C1c1ccc(F)cc1. The quantitative estimate of drug-likeness (QED) is 0.340. The van der Waals surface area contributed by atoms with Crippen LogP contribution in [-0.4, -0.2) is 28.2 Å². The number of carbonyl (C=O) groups excluding carboxylic acids is 2. The number of carbonyl (C=O) groups is 2. The van der Waals surface area contributed by atoms with Crippen molar-refractivity contribution in [2.75, 3.05) is 6.54 Å². The number of rotatable bonds is 6. The van der Waals surface area contributed by atoms with Crippen LogP contribution in [-0.2, 0) is 9.59 Å². The van der Waals surface area contributed by atoms with E-state index in [0.717, 1.165) is 24.8 Å². The second kappa shape index (κ2) is 8.38. The molecular formula is C23H24FNO3. The van der Waals surface area contributed by atoms with Gasteiger partial charge in [0.15, 0.2) is 0 Å². The van der Waals surface area contributed by atoms with Crippen molar-refractivity contribution in [3.63, 3.8) is 0 Å². The molecular weight excluding hydrogens is 357 g/mol. The van der Waals surface area contributed by atoms with Crippen molar-refractivity contribution in [2.45, 2.75) is 39.2 Å². The van der Waals surface area contributed by atoms with Crippen LogP contribution in [0.15, 0.2) is 54.1 Å². The van der Waals surface area contributed by atoms with Crippen molar-refractivity contribution in [3.8, 4) is 0 Å². The number of Topliss-reactive ketones (excluding diaryl/α,β-unsaturated/α-hetero) is 1. The van der Waals surface area contributed by atoms with E-state index in [0.29, 0.717) is 17.7 Å².